The first-order chi connectivity index (χ1) is 16.6. The van der Waals surface area contributed by atoms with Crippen molar-refractivity contribution in [1.82, 2.24) is 9.78 Å². The molecule has 0 aliphatic heterocycles. The third-order valence-corrected chi connectivity index (χ3v) is 5.96. The monoisotopic (exact) mass is 483 g/mol. The number of nitrogens with one attached hydrogen (secondary N) is 1. The second kappa shape index (κ2) is 9.56. The zero-order valence-corrected chi connectivity index (χ0v) is 19.5. The molecule has 0 atom stereocenters. The van der Waals surface area contributed by atoms with E-state index in [1.165, 1.54) is 0 Å². The van der Waals surface area contributed by atoms with Crippen LogP contribution in [0.2, 0.25) is 10.0 Å². The van der Waals surface area contributed by atoms with Gasteiger partial charge in [0.15, 0.2) is 0 Å². The highest BCUT2D eigenvalue weighted by atomic mass is 35.5. The number of halogens is 2. The van der Waals surface area contributed by atoms with Gasteiger partial charge in [-0.25, -0.2) is 4.68 Å². The molecule has 1 heterocycles. The number of amides is 1. The Kier molecular flexibility index (Phi) is 6.17. The predicted octanol–water partition coefficient (Wildman–Crippen LogP) is 7.77. The number of anilines is 1. The van der Waals surface area contributed by atoms with Crippen LogP contribution in [0.4, 0.5) is 5.69 Å². The first kappa shape index (κ1) is 22.0. The van der Waals surface area contributed by atoms with Gasteiger partial charge in [-0.3, -0.25) is 4.79 Å². The van der Waals surface area contributed by atoms with Gasteiger partial charge in [-0.05, 0) is 48.5 Å². The maximum absolute atomic E-state index is 12.8. The minimum Gasteiger partial charge on any atom is -0.321 e. The van der Waals surface area contributed by atoms with E-state index in [-0.39, 0.29) is 5.91 Å². The molecule has 0 fully saturated rings. The van der Waals surface area contributed by atoms with Gasteiger partial charge < -0.3 is 5.32 Å². The molecule has 0 aliphatic rings. The molecule has 1 aromatic heterocycles. The topological polar surface area (TPSA) is 46.9 Å². The Morgan fingerprint density at radius 3 is 2.06 bits per heavy atom. The molecular formula is C28H19Cl2N3O. The Morgan fingerprint density at radius 2 is 1.38 bits per heavy atom. The van der Waals surface area contributed by atoms with E-state index in [0.29, 0.717) is 21.3 Å². The van der Waals surface area contributed by atoms with Crippen molar-refractivity contribution < 1.29 is 4.79 Å². The quantitative estimate of drug-likeness (QED) is 0.277. The number of carbonyl (C=O) groups is 1. The first-order valence-electron chi connectivity index (χ1n) is 10.7. The standard InChI is InChI=1S/C28H19Cl2N3O/c29-22-13-16-24(30)26(17-22)31-28(34)21-11-14-23(15-12-21)33-27(20-9-5-2-6-10-20)18-25(32-33)19-7-3-1-4-8-19/h1-18H,(H,31,34). The van der Waals surface area contributed by atoms with Crippen LogP contribution in [0.15, 0.2) is 109 Å². The highest BCUT2D eigenvalue weighted by Crippen LogP contribution is 2.29. The van der Waals surface area contributed by atoms with Crippen molar-refractivity contribution in [2.24, 2.45) is 0 Å². The average molecular weight is 484 g/mol. The highest BCUT2D eigenvalue weighted by molar-refractivity contribution is 6.35. The van der Waals surface area contributed by atoms with Crippen LogP contribution in [-0.2, 0) is 0 Å². The summed E-state index contributed by atoms with van der Waals surface area (Å²) in [6.07, 6.45) is 0. The van der Waals surface area contributed by atoms with Crippen LogP contribution in [0.5, 0.6) is 0 Å². The number of aromatic nitrogens is 2. The van der Waals surface area contributed by atoms with Gasteiger partial charge in [0.05, 0.1) is 27.8 Å². The van der Waals surface area contributed by atoms with Gasteiger partial charge in [-0.15, -0.1) is 0 Å². The fourth-order valence-corrected chi connectivity index (χ4v) is 4.02. The molecule has 5 aromatic rings. The van der Waals surface area contributed by atoms with Crippen molar-refractivity contribution in [3.05, 3.63) is 125 Å². The molecule has 1 N–H and O–H groups in total. The fourth-order valence-electron chi connectivity index (χ4n) is 3.68. The Labute approximate surface area is 207 Å². The molecule has 0 radical (unpaired) electrons. The van der Waals surface area contributed by atoms with Crippen LogP contribution in [0.25, 0.3) is 28.2 Å². The van der Waals surface area contributed by atoms with E-state index in [1.807, 2.05) is 65.3 Å². The van der Waals surface area contributed by atoms with Crippen LogP contribution >= 0.6 is 23.2 Å². The summed E-state index contributed by atoms with van der Waals surface area (Å²) in [7, 11) is 0. The SMILES string of the molecule is O=C(Nc1cc(Cl)ccc1Cl)c1ccc(-n2nc(-c3ccccc3)cc2-c2ccccc2)cc1. The van der Waals surface area contributed by atoms with Gasteiger partial charge in [-0.1, -0.05) is 83.9 Å². The van der Waals surface area contributed by atoms with E-state index in [4.69, 9.17) is 28.3 Å². The molecule has 4 aromatic carbocycles. The van der Waals surface area contributed by atoms with Crippen molar-refractivity contribution in [1.29, 1.82) is 0 Å². The molecule has 34 heavy (non-hydrogen) atoms. The summed E-state index contributed by atoms with van der Waals surface area (Å²) in [4.78, 5) is 12.8. The maximum atomic E-state index is 12.8. The van der Waals surface area contributed by atoms with E-state index in [0.717, 1.165) is 28.2 Å². The Morgan fingerprint density at radius 1 is 0.735 bits per heavy atom. The number of hydrogen-bond acceptors (Lipinski definition) is 2. The number of carbonyl (C=O) groups excluding carboxylic acids is 1. The maximum Gasteiger partial charge on any atom is 0.255 e. The van der Waals surface area contributed by atoms with Gasteiger partial charge in [0.25, 0.3) is 5.91 Å². The van der Waals surface area contributed by atoms with Crippen LogP contribution in [0.3, 0.4) is 0 Å². The lowest BCUT2D eigenvalue weighted by molar-refractivity contribution is 0.102. The third kappa shape index (κ3) is 4.60. The first-order valence-corrected chi connectivity index (χ1v) is 11.4. The van der Waals surface area contributed by atoms with Gasteiger partial charge in [0, 0.05) is 21.7 Å². The van der Waals surface area contributed by atoms with Crippen LogP contribution in [0.1, 0.15) is 10.4 Å². The lowest BCUT2D eigenvalue weighted by Crippen LogP contribution is -2.12. The minimum atomic E-state index is -0.274. The summed E-state index contributed by atoms with van der Waals surface area (Å²) in [5.41, 5.74) is 5.73. The molecule has 4 nitrogen and oxygen atoms in total. The molecule has 5 rings (SSSR count). The number of hydrogen-bond donors (Lipinski definition) is 1. The van der Waals surface area contributed by atoms with E-state index in [2.05, 4.69) is 23.5 Å². The van der Waals surface area contributed by atoms with Gasteiger partial charge in [0.1, 0.15) is 0 Å². The molecule has 0 unspecified atom stereocenters. The minimum absolute atomic E-state index is 0.274. The smallest absolute Gasteiger partial charge is 0.255 e. The zero-order valence-electron chi connectivity index (χ0n) is 18.0. The van der Waals surface area contributed by atoms with Crippen LogP contribution in [-0.4, -0.2) is 15.7 Å². The van der Waals surface area contributed by atoms with Gasteiger partial charge in [-0.2, -0.15) is 5.10 Å². The second-order valence-electron chi connectivity index (χ2n) is 7.68. The normalized spacial score (nSPS) is 10.8. The molecule has 6 heteroatoms. The lowest BCUT2D eigenvalue weighted by Gasteiger charge is -2.10. The predicted molar refractivity (Wildman–Crippen MR) is 139 cm³/mol. The van der Waals surface area contributed by atoms with E-state index < -0.39 is 0 Å². The number of benzene rings is 4. The summed E-state index contributed by atoms with van der Waals surface area (Å²) >= 11 is 12.2. The lowest BCUT2D eigenvalue weighted by atomic mass is 10.1. The van der Waals surface area contributed by atoms with Crippen LogP contribution in [0, 0.1) is 0 Å². The molecule has 0 saturated carbocycles. The van der Waals surface area contributed by atoms with Crippen molar-refractivity contribution in [2.45, 2.75) is 0 Å². The largest absolute Gasteiger partial charge is 0.321 e. The Bertz CT molecular complexity index is 1450. The summed E-state index contributed by atoms with van der Waals surface area (Å²) in [5, 5.41) is 8.61. The number of nitrogens with zero attached hydrogens (tertiary/aromatic N) is 2. The third-order valence-electron chi connectivity index (χ3n) is 5.40. The van der Waals surface area contributed by atoms with Crippen molar-refractivity contribution in [3.63, 3.8) is 0 Å². The number of rotatable bonds is 5. The van der Waals surface area contributed by atoms with Gasteiger partial charge in [0.2, 0.25) is 0 Å². The molecule has 166 valence electrons. The molecule has 0 spiro atoms. The fraction of sp³-hybridized carbons (Fsp3) is 0. The van der Waals surface area contributed by atoms with Crippen molar-refractivity contribution >= 4 is 34.8 Å². The molecule has 1 amide bonds. The zero-order chi connectivity index (χ0) is 23.5. The van der Waals surface area contributed by atoms with Crippen molar-refractivity contribution in [3.8, 4) is 28.2 Å². The van der Waals surface area contributed by atoms with E-state index in [9.17, 15) is 4.79 Å². The highest BCUT2D eigenvalue weighted by Gasteiger charge is 2.14. The molecule has 0 saturated heterocycles. The average Bonchev–Trinajstić information content (AvgIpc) is 3.33. The van der Waals surface area contributed by atoms with E-state index >= 15 is 0 Å². The summed E-state index contributed by atoms with van der Waals surface area (Å²) in [6.45, 7) is 0. The van der Waals surface area contributed by atoms with Crippen molar-refractivity contribution in [2.75, 3.05) is 5.32 Å². The summed E-state index contributed by atoms with van der Waals surface area (Å²) in [5.74, 6) is -0.274. The van der Waals surface area contributed by atoms with Crippen LogP contribution < -0.4 is 5.32 Å². The van der Waals surface area contributed by atoms with E-state index in [1.54, 1.807) is 30.3 Å². The molecule has 0 aliphatic carbocycles. The Balaban J connectivity index is 1.48. The Hall–Kier alpha value is -3.86. The molecular weight excluding hydrogens is 465 g/mol. The second-order valence-corrected chi connectivity index (χ2v) is 8.53. The summed E-state index contributed by atoms with van der Waals surface area (Å²) in [6, 6.07) is 34.5. The summed E-state index contributed by atoms with van der Waals surface area (Å²) < 4.78 is 1.90. The molecule has 0 bridgehead atoms. The van der Waals surface area contributed by atoms with Gasteiger partial charge >= 0.3 is 0 Å².